The van der Waals surface area contributed by atoms with Crippen LogP contribution in [-0.2, 0) is 0 Å². The van der Waals surface area contributed by atoms with Gasteiger partial charge in [-0.3, -0.25) is 0 Å². The summed E-state index contributed by atoms with van der Waals surface area (Å²) in [5.41, 5.74) is 0.938. The molecule has 0 spiro atoms. The Hall–Kier alpha value is -1.95. The van der Waals surface area contributed by atoms with Crippen molar-refractivity contribution in [3.8, 4) is 12.3 Å². The summed E-state index contributed by atoms with van der Waals surface area (Å²) in [6, 6.07) is 9.60. The minimum atomic E-state index is -1.83. The lowest BCUT2D eigenvalue weighted by Gasteiger charge is -1.82. The van der Waals surface area contributed by atoms with E-state index < -0.39 is 6.16 Å². The Bertz CT molecular complexity index is 268. The lowest BCUT2D eigenvalue weighted by Crippen LogP contribution is -1.81. The molecule has 1 aromatic rings. The zero-order valence-corrected chi connectivity index (χ0v) is 6.27. The number of carboxylic acid groups (broad SMARTS) is 2. The molecule has 0 aliphatic rings. The zero-order chi connectivity index (χ0) is 9.40. The van der Waals surface area contributed by atoms with Crippen molar-refractivity contribution in [3.05, 3.63) is 35.9 Å². The molecule has 62 valence electrons. The van der Waals surface area contributed by atoms with Crippen molar-refractivity contribution in [1.29, 1.82) is 0 Å². The largest absolute Gasteiger partial charge is 0.503 e. The SMILES string of the molecule is C#Cc1ccccc1.O=C(O)O. The summed E-state index contributed by atoms with van der Waals surface area (Å²) < 4.78 is 0. The van der Waals surface area contributed by atoms with Crippen molar-refractivity contribution < 1.29 is 15.0 Å². The monoisotopic (exact) mass is 164 g/mol. The van der Waals surface area contributed by atoms with E-state index in [0.29, 0.717) is 0 Å². The van der Waals surface area contributed by atoms with Crippen LogP contribution in [0.2, 0.25) is 0 Å². The van der Waals surface area contributed by atoms with Crippen LogP contribution in [0.25, 0.3) is 0 Å². The first-order chi connectivity index (χ1) is 5.66. The Labute approximate surface area is 70.3 Å². The van der Waals surface area contributed by atoms with Crippen LogP contribution in [0, 0.1) is 12.3 Å². The Morgan fingerprint density at radius 3 is 1.92 bits per heavy atom. The van der Waals surface area contributed by atoms with E-state index in [1.54, 1.807) is 0 Å². The molecular weight excluding hydrogens is 156 g/mol. The van der Waals surface area contributed by atoms with Gasteiger partial charge in [0.2, 0.25) is 0 Å². The molecule has 3 heteroatoms. The molecule has 0 atom stereocenters. The molecule has 0 heterocycles. The van der Waals surface area contributed by atoms with Crippen LogP contribution in [0.5, 0.6) is 0 Å². The minimum Gasteiger partial charge on any atom is -0.450 e. The van der Waals surface area contributed by atoms with E-state index in [0.717, 1.165) is 5.56 Å². The summed E-state index contributed by atoms with van der Waals surface area (Å²) in [5, 5.41) is 13.9. The summed E-state index contributed by atoms with van der Waals surface area (Å²) >= 11 is 0. The molecule has 0 unspecified atom stereocenters. The number of benzene rings is 1. The van der Waals surface area contributed by atoms with Gasteiger partial charge >= 0.3 is 6.16 Å². The van der Waals surface area contributed by atoms with Gasteiger partial charge in [0.25, 0.3) is 0 Å². The molecular formula is C9H8O3. The van der Waals surface area contributed by atoms with E-state index in [9.17, 15) is 0 Å². The van der Waals surface area contributed by atoms with Gasteiger partial charge < -0.3 is 10.2 Å². The minimum absolute atomic E-state index is 0.938. The fourth-order valence-electron chi connectivity index (χ4n) is 0.534. The van der Waals surface area contributed by atoms with Crippen molar-refractivity contribution in [1.82, 2.24) is 0 Å². The number of hydrogen-bond acceptors (Lipinski definition) is 1. The topological polar surface area (TPSA) is 57.5 Å². The lowest BCUT2D eigenvalue weighted by molar-refractivity contribution is 0.137. The van der Waals surface area contributed by atoms with Crippen molar-refractivity contribution in [2.24, 2.45) is 0 Å². The van der Waals surface area contributed by atoms with Gasteiger partial charge in [0.05, 0.1) is 0 Å². The van der Waals surface area contributed by atoms with Crippen LogP contribution in [-0.4, -0.2) is 16.4 Å². The molecule has 0 amide bonds. The van der Waals surface area contributed by atoms with Crippen molar-refractivity contribution in [2.75, 3.05) is 0 Å². The Morgan fingerprint density at radius 1 is 1.25 bits per heavy atom. The van der Waals surface area contributed by atoms with Crippen LogP contribution in [0.1, 0.15) is 5.56 Å². The summed E-state index contributed by atoms with van der Waals surface area (Å²) in [6.45, 7) is 0. The number of hydrogen-bond donors (Lipinski definition) is 2. The lowest BCUT2D eigenvalue weighted by atomic mass is 10.2. The van der Waals surface area contributed by atoms with E-state index in [4.69, 9.17) is 21.4 Å². The Kier molecular flexibility index (Phi) is 4.86. The van der Waals surface area contributed by atoms with Crippen LogP contribution in [0.4, 0.5) is 4.79 Å². The van der Waals surface area contributed by atoms with Gasteiger partial charge in [-0.2, -0.15) is 0 Å². The van der Waals surface area contributed by atoms with E-state index in [-0.39, 0.29) is 0 Å². The highest BCUT2D eigenvalue weighted by Crippen LogP contribution is 1.92. The van der Waals surface area contributed by atoms with Gasteiger partial charge in [0.15, 0.2) is 0 Å². The molecule has 0 saturated carbocycles. The summed E-state index contributed by atoms with van der Waals surface area (Å²) in [4.78, 5) is 8.56. The average Bonchev–Trinajstić information content (AvgIpc) is 2.05. The molecule has 2 N–H and O–H groups in total. The van der Waals surface area contributed by atoms with Crippen molar-refractivity contribution >= 4 is 6.16 Å². The second-order valence-electron chi connectivity index (χ2n) is 1.79. The van der Waals surface area contributed by atoms with Crippen LogP contribution in [0.3, 0.4) is 0 Å². The number of terminal acetylenes is 1. The van der Waals surface area contributed by atoms with E-state index >= 15 is 0 Å². The normalized spacial score (nSPS) is 7.25. The first-order valence-electron chi connectivity index (χ1n) is 3.10. The van der Waals surface area contributed by atoms with E-state index in [1.807, 2.05) is 30.3 Å². The van der Waals surface area contributed by atoms with Gasteiger partial charge in [0.1, 0.15) is 0 Å². The smallest absolute Gasteiger partial charge is 0.450 e. The first kappa shape index (κ1) is 10.0. The molecule has 3 nitrogen and oxygen atoms in total. The highest BCUT2D eigenvalue weighted by Gasteiger charge is 1.76. The number of rotatable bonds is 0. The molecule has 1 rings (SSSR count). The molecule has 0 saturated heterocycles. The summed E-state index contributed by atoms with van der Waals surface area (Å²) in [5.74, 6) is 2.53. The third-order valence-electron chi connectivity index (χ3n) is 0.940. The zero-order valence-electron chi connectivity index (χ0n) is 6.27. The molecule has 0 fully saturated rings. The molecule has 12 heavy (non-hydrogen) atoms. The van der Waals surface area contributed by atoms with Gasteiger partial charge in [0, 0.05) is 5.56 Å². The average molecular weight is 164 g/mol. The molecule has 0 radical (unpaired) electrons. The quantitative estimate of drug-likeness (QED) is 0.575. The van der Waals surface area contributed by atoms with E-state index in [2.05, 4.69) is 5.92 Å². The van der Waals surface area contributed by atoms with E-state index in [1.165, 1.54) is 0 Å². The Balaban J connectivity index is 0.000000261. The number of carbonyl (C=O) groups is 1. The summed E-state index contributed by atoms with van der Waals surface area (Å²) in [6.07, 6.45) is 3.27. The Morgan fingerprint density at radius 2 is 1.67 bits per heavy atom. The maximum absolute atomic E-state index is 8.56. The highest BCUT2D eigenvalue weighted by atomic mass is 16.6. The highest BCUT2D eigenvalue weighted by molar-refractivity contribution is 5.53. The van der Waals surface area contributed by atoms with Crippen molar-refractivity contribution in [2.45, 2.75) is 0 Å². The molecule has 0 aliphatic carbocycles. The van der Waals surface area contributed by atoms with Gasteiger partial charge in [-0.15, -0.1) is 6.42 Å². The molecule has 1 aromatic carbocycles. The molecule has 0 aromatic heterocycles. The van der Waals surface area contributed by atoms with Crippen LogP contribution >= 0.6 is 0 Å². The third kappa shape index (κ3) is 6.17. The van der Waals surface area contributed by atoms with Gasteiger partial charge in [-0.25, -0.2) is 4.79 Å². The predicted octanol–water partition coefficient (Wildman–Crippen LogP) is 1.89. The maximum atomic E-state index is 8.56. The molecule has 0 bridgehead atoms. The van der Waals surface area contributed by atoms with Crippen LogP contribution < -0.4 is 0 Å². The maximum Gasteiger partial charge on any atom is 0.503 e. The third-order valence-corrected chi connectivity index (χ3v) is 0.940. The molecule has 0 aliphatic heterocycles. The van der Waals surface area contributed by atoms with Gasteiger partial charge in [-0.05, 0) is 12.1 Å². The van der Waals surface area contributed by atoms with Crippen molar-refractivity contribution in [3.63, 3.8) is 0 Å². The second-order valence-corrected chi connectivity index (χ2v) is 1.79. The fraction of sp³-hybridized carbons (Fsp3) is 0. The first-order valence-corrected chi connectivity index (χ1v) is 3.10. The fourth-order valence-corrected chi connectivity index (χ4v) is 0.534. The summed E-state index contributed by atoms with van der Waals surface area (Å²) in [7, 11) is 0. The van der Waals surface area contributed by atoms with Crippen LogP contribution in [0.15, 0.2) is 30.3 Å². The predicted molar refractivity (Wildman–Crippen MR) is 45.0 cm³/mol. The second kappa shape index (κ2) is 5.81. The standard InChI is InChI=1S/C8H6.CH2O3/c1-2-8-6-4-3-5-7-8;2-1(3)4/h1,3-7H;(H2,2,3,4). The van der Waals surface area contributed by atoms with Gasteiger partial charge in [-0.1, -0.05) is 24.1 Å².